The van der Waals surface area contributed by atoms with Gasteiger partial charge in [0.25, 0.3) is 0 Å². The van der Waals surface area contributed by atoms with Crippen LogP contribution in [0.2, 0.25) is 0 Å². The van der Waals surface area contributed by atoms with Gasteiger partial charge in [-0.2, -0.15) is 5.26 Å². The number of nitrogens with zero attached hydrogens (tertiary/aromatic N) is 1. The Kier molecular flexibility index (Phi) is 7.40. The van der Waals surface area contributed by atoms with E-state index in [1.165, 1.54) is 69.8 Å². The third-order valence-corrected chi connectivity index (χ3v) is 7.80. The molecule has 2 aliphatic carbocycles. The fourth-order valence-corrected chi connectivity index (χ4v) is 5.56. The first kappa shape index (κ1) is 20.4. The molecule has 2 fully saturated rings. The van der Waals surface area contributed by atoms with Gasteiger partial charge in [0.2, 0.25) is 0 Å². The van der Waals surface area contributed by atoms with E-state index >= 15 is 0 Å². The second-order valence-corrected chi connectivity index (χ2v) is 9.40. The number of benzene rings is 1. The van der Waals surface area contributed by atoms with Gasteiger partial charge < -0.3 is 0 Å². The summed E-state index contributed by atoms with van der Waals surface area (Å²) in [4.78, 5) is 0. The minimum Gasteiger partial charge on any atom is -0.198 e. The minimum absolute atomic E-state index is 0.0355. The van der Waals surface area contributed by atoms with Crippen molar-refractivity contribution in [2.45, 2.75) is 109 Å². The SMILES string of the molecule is CCCCCC1CCC(c2ccc(C3CCC(C#N)(CC)CC3)cc2)CC1. The zero-order valence-corrected chi connectivity index (χ0v) is 17.7. The van der Waals surface area contributed by atoms with Crippen LogP contribution in [0.1, 0.15) is 120 Å². The topological polar surface area (TPSA) is 23.8 Å². The van der Waals surface area contributed by atoms with E-state index in [0.717, 1.165) is 31.1 Å². The van der Waals surface area contributed by atoms with Crippen molar-refractivity contribution in [2.75, 3.05) is 0 Å². The van der Waals surface area contributed by atoms with Crippen LogP contribution in [0, 0.1) is 22.7 Å². The Balaban J connectivity index is 1.49. The lowest BCUT2D eigenvalue weighted by Crippen LogP contribution is -2.24. The zero-order chi connectivity index (χ0) is 19.1. The average Bonchev–Trinajstić information content (AvgIpc) is 2.75. The Bertz CT molecular complexity index is 592. The van der Waals surface area contributed by atoms with Crippen molar-refractivity contribution in [3.63, 3.8) is 0 Å². The highest BCUT2D eigenvalue weighted by Gasteiger charge is 2.34. The molecule has 0 aliphatic heterocycles. The summed E-state index contributed by atoms with van der Waals surface area (Å²) in [5.41, 5.74) is 3.04. The summed E-state index contributed by atoms with van der Waals surface area (Å²) in [6.45, 7) is 4.48. The van der Waals surface area contributed by atoms with Gasteiger partial charge in [-0.15, -0.1) is 0 Å². The monoisotopic (exact) mass is 365 g/mol. The molecule has 1 heteroatoms. The molecule has 0 atom stereocenters. The number of unbranched alkanes of at least 4 members (excludes halogenated alkanes) is 2. The van der Waals surface area contributed by atoms with Gasteiger partial charge >= 0.3 is 0 Å². The first-order valence-corrected chi connectivity index (χ1v) is 11.7. The average molecular weight is 366 g/mol. The molecule has 0 amide bonds. The van der Waals surface area contributed by atoms with Crippen molar-refractivity contribution in [3.8, 4) is 6.07 Å². The summed E-state index contributed by atoms with van der Waals surface area (Å²) < 4.78 is 0. The van der Waals surface area contributed by atoms with Gasteiger partial charge in [0.05, 0.1) is 11.5 Å². The third kappa shape index (κ3) is 5.16. The lowest BCUT2D eigenvalue weighted by molar-refractivity contribution is 0.238. The van der Waals surface area contributed by atoms with Crippen molar-refractivity contribution in [2.24, 2.45) is 11.3 Å². The molecule has 27 heavy (non-hydrogen) atoms. The fraction of sp³-hybridized carbons (Fsp3) is 0.731. The zero-order valence-electron chi connectivity index (χ0n) is 17.7. The molecule has 1 aromatic carbocycles. The summed E-state index contributed by atoms with van der Waals surface area (Å²) in [5, 5.41) is 9.51. The molecule has 148 valence electrons. The van der Waals surface area contributed by atoms with E-state index in [1.54, 1.807) is 5.56 Å². The van der Waals surface area contributed by atoms with E-state index in [1.807, 2.05) is 0 Å². The van der Waals surface area contributed by atoms with Gasteiger partial charge in [0.1, 0.15) is 0 Å². The highest BCUT2D eigenvalue weighted by atomic mass is 14.4. The first-order chi connectivity index (χ1) is 13.2. The van der Waals surface area contributed by atoms with Crippen LogP contribution in [0.4, 0.5) is 0 Å². The molecule has 3 rings (SSSR count). The summed E-state index contributed by atoms with van der Waals surface area (Å²) in [6, 6.07) is 12.3. The molecular weight excluding hydrogens is 326 g/mol. The Morgan fingerprint density at radius 2 is 1.41 bits per heavy atom. The van der Waals surface area contributed by atoms with Gasteiger partial charge in [-0.3, -0.25) is 0 Å². The van der Waals surface area contributed by atoms with E-state index in [9.17, 15) is 5.26 Å². The maximum absolute atomic E-state index is 9.51. The molecule has 0 N–H and O–H groups in total. The molecule has 0 spiro atoms. The lowest BCUT2D eigenvalue weighted by Gasteiger charge is -2.34. The maximum Gasteiger partial charge on any atom is 0.0689 e. The Morgan fingerprint density at radius 1 is 0.852 bits per heavy atom. The van der Waals surface area contributed by atoms with Crippen molar-refractivity contribution in [3.05, 3.63) is 35.4 Å². The van der Waals surface area contributed by atoms with Crippen molar-refractivity contribution < 1.29 is 0 Å². The molecule has 0 aromatic heterocycles. The van der Waals surface area contributed by atoms with Gasteiger partial charge in [0, 0.05) is 0 Å². The van der Waals surface area contributed by atoms with E-state index in [-0.39, 0.29) is 5.41 Å². The van der Waals surface area contributed by atoms with E-state index in [2.05, 4.69) is 44.2 Å². The fourth-order valence-electron chi connectivity index (χ4n) is 5.56. The molecular formula is C26H39N. The largest absolute Gasteiger partial charge is 0.198 e. The molecule has 2 aliphatic rings. The van der Waals surface area contributed by atoms with Crippen molar-refractivity contribution in [1.29, 1.82) is 5.26 Å². The van der Waals surface area contributed by atoms with Crippen LogP contribution in [0.5, 0.6) is 0 Å². The molecule has 0 bridgehead atoms. The van der Waals surface area contributed by atoms with Crippen LogP contribution < -0.4 is 0 Å². The molecule has 0 saturated heterocycles. The minimum atomic E-state index is -0.0355. The van der Waals surface area contributed by atoms with Crippen LogP contribution in [0.3, 0.4) is 0 Å². The molecule has 1 aromatic rings. The standard InChI is InChI=1S/C26H39N/c1-3-5-6-7-21-8-10-22(11-9-21)23-12-14-24(15-13-23)25-16-18-26(4-2,20-27)19-17-25/h12-15,21-22,25H,3-11,16-19H2,1-2H3. The van der Waals surface area contributed by atoms with Crippen LogP contribution in [-0.2, 0) is 0 Å². The molecule has 0 heterocycles. The third-order valence-electron chi connectivity index (χ3n) is 7.80. The van der Waals surface area contributed by atoms with Crippen molar-refractivity contribution >= 4 is 0 Å². The van der Waals surface area contributed by atoms with Crippen LogP contribution >= 0.6 is 0 Å². The summed E-state index contributed by atoms with van der Waals surface area (Å²) in [6.07, 6.45) is 16.8. The summed E-state index contributed by atoms with van der Waals surface area (Å²) in [5.74, 6) is 2.45. The summed E-state index contributed by atoms with van der Waals surface area (Å²) >= 11 is 0. The molecule has 0 unspecified atom stereocenters. The van der Waals surface area contributed by atoms with Crippen molar-refractivity contribution in [1.82, 2.24) is 0 Å². The van der Waals surface area contributed by atoms with E-state index in [0.29, 0.717) is 5.92 Å². The number of rotatable bonds is 7. The maximum atomic E-state index is 9.51. The predicted octanol–water partition coefficient (Wildman–Crippen LogP) is 8.12. The molecule has 1 nitrogen and oxygen atoms in total. The van der Waals surface area contributed by atoms with Gasteiger partial charge in [-0.25, -0.2) is 0 Å². The first-order valence-electron chi connectivity index (χ1n) is 11.7. The van der Waals surface area contributed by atoms with E-state index < -0.39 is 0 Å². The van der Waals surface area contributed by atoms with Gasteiger partial charge in [-0.1, -0.05) is 63.8 Å². The summed E-state index contributed by atoms with van der Waals surface area (Å²) in [7, 11) is 0. The highest BCUT2D eigenvalue weighted by molar-refractivity contribution is 5.28. The lowest BCUT2D eigenvalue weighted by atomic mass is 9.68. The Hall–Kier alpha value is -1.29. The molecule has 0 radical (unpaired) electrons. The van der Waals surface area contributed by atoms with Crippen LogP contribution in [0.15, 0.2) is 24.3 Å². The van der Waals surface area contributed by atoms with Gasteiger partial charge in [0.15, 0.2) is 0 Å². The van der Waals surface area contributed by atoms with Crippen LogP contribution in [-0.4, -0.2) is 0 Å². The second kappa shape index (κ2) is 9.77. The van der Waals surface area contributed by atoms with E-state index in [4.69, 9.17) is 0 Å². The number of hydrogen-bond donors (Lipinski definition) is 0. The normalized spacial score (nSPS) is 31.4. The van der Waals surface area contributed by atoms with Gasteiger partial charge in [-0.05, 0) is 86.7 Å². The number of nitriles is 1. The van der Waals surface area contributed by atoms with Crippen LogP contribution in [0.25, 0.3) is 0 Å². The smallest absolute Gasteiger partial charge is 0.0689 e. The highest BCUT2D eigenvalue weighted by Crippen LogP contribution is 2.45. The second-order valence-electron chi connectivity index (χ2n) is 9.40. The number of hydrogen-bond acceptors (Lipinski definition) is 1. The molecule has 2 saturated carbocycles. The Labute approximate surface area is 167 Å². The Morgan fingerprint density at radius 3 is 1.89 bits per heavy atom. The quantitative estimate of drug-likeness (QED) is 0.447. The predicted molar refractivity (Wildman–Crippen MR) is 115 cm³/mol.